The maximum atomic E-state index is 12.6. The van der Waals surface area contributed by atoms with E-state index in [0.717, 1.165) is 10.8 Å². The van der Waals surface area contributed by atoms with Crippen LogP contribution in [0.25, 0.3) is 21.9 Å². The molecule has 0 radical (unpaired) electrons. The van der Waals surface area contributed by atoms with Crippen LogP contribution < -0.4 is 0 Å². The van der Waals surface area contributed by atoms with Crippen LogP contribution in [0.2, 0.25) is 0 Å². The Morgan fingerprint density at radius 3 is 2.67 bits per heavy atom. The molecule has 0 aliphatic rings. The normalized spacial score (nSPS) is 11.0. The second-order valence-corrected chi connectivity index (χ2v) is 4.72. The van der Waals surface area contributed by atoms with E-state index in [4.69, 9.17) is 4.42 Å². The number of benzene rings is 2. The lowest BCUT2D eigenvalue weighted by Gasteiger charge is -2.02. The summed E-state index contributed by atoms with van der Waals surface area (Å²) in [5, 5.41) is 1.76. The summed E-state index contributed by atoms with van der Waals surface area (Å²) >= 11 is 0. The Morgan fingerprint density at radius 2 is 1.76 bits per heavy atom. The van der Waals surface area contributed by atoms with Gasteiger partial charge >= 0.3 is 0 Å². The van der Waals surface area contributed by atoms with Crippen LogP contribution in [-0.4, -0.2) is 15.8 Å². The minimum atomic E-state index is -0.254. The molecule has 0 fully saturated rings. The van der Waals surface area contributed by atoms with Crippen molar-refractivity contribution >= 4 is 27.7 Å². The van der Waals surface area contributed by atoms with Crippen molar-refractivity contribution in [1.82, 2.24) is 9.97 Å². The van der Waals surface area contributed by atoms with E-state index in [1.807, 2.05) is 42.5 Å². The van der Waals surface area contributed by atoms with Crippen molar-refractivity contribution in [2.45, 2.75) is 0 Å². The van der Waals surface area contributed by atoms with E-state index >= 15 is 0 Å². The number of hydrogen-bond acceptors (Lipinski definition) is 4. The molecule has 0 amide bonds. The minimum Gasteiger partial charge on any atom is -0.433 e. The lowest BCUT2D eigenvalue weighted by atomic mass is 10.0. The van der Waals surface area contributed by atoms with Gasteiger partial charge in [0, 0.05) is 17.8 Å². The molecule has 2 heterocycles. The van der Waals surface area contributed by atoms with Gasteiger partial charge in [-0.1, -0.05) is 36.4 Å². The fourth-order valence-electron chi connectivity index (χ4n) is 2.38. The maximum absolute atomic E-state index is 12.6. The molecule has 2 aromatic heterocycles. The molecule has 0 N–H and O–H groups in total. The largest absolute Gasteiger partial charge is 0.433 e. The monoisotopic (exact) mass is 274 g/mol. The molecule has 0 bridgehead atoms. The van der Waals surface area contributed by atoms with Crippen molar-refractivity contribution in [2.24, 2.45) is 0 Å². The van der Waals surface area contributed by atoms with Gasteiger partial charge in [-0.3, -0.25) is 9.78 Å². The van der Waals surface area contributed by atoms with Gasteiger partial charge in [0.1, 0.15) is 5.52 Å². The zero-order valence-electron chi connectivity index (χ0n) is 11.0. The first kappa shape index (κ1) is 11.8. The van der Waals surface area contributed by atoms with E-state index in [9.17, 15) is 4.79 Å². The zero-order valence-corrected chi connectivity index (χ0v) is 11.0. The van der Waals surface area contributed by atoms with Crippen molar-refractivity contribution in [1.29, 1.82) is 0 Å². The summed E-state index contributed by atoms with van der Waals surface area (Å²) in [5.41, 5.74) is 1.78. The van der Waals surface area contributed by atoms with Crippen molar-refractivity contribution in [3.8, 4) is 0 Å². The highest BCUT2D eigenvalue weighted by molar-refractivity contribution is 6.14. The molecule has 100 valence electrons. The van der Waals surface area contributed by atoms with Crippen LogP contribution >= 0.6 is 0 Å². The molecule has 21 heavy (non-hydrogen) atoms. The summed E-state index contributed by atoms with van der Waals surface area (Å²) in [6, 6.07) is 14.9. The molecular formula is C17H10N2O2. The Morgan fingerprint density at radius 1 is 0.952 bits per heavy atom. The molecule has 0 saturated carbocycles. The van der Waals surface area contributed by atoms with Crippen molar-refractivity contribution in [2.75, 3.05) is 0 Å². The molecule has 4 rings (SSSR count). The lowest BCUT2D eigenvalue weighted by molar-refractivity contribution is 0.101. The second kappa shape index (κ2) is 4.52. The van der Waals surface area contributed by atoms with Crippen LogP contribution in [0.4, 0.5) is 0 Å². The highest BCUT2D eigenvalue weighted by Gasteiger charge is 2.18. The number of rotatable bonds is 2. The summed E-state index contributed by atoms with van der Waals surface area (Å²) in [5.74, 6) is -0.162. The zero-order chi connectivity index (χ0) is 14.2. The quantitative estimate of drug-likeness (QED) is 0.524. The van der Waals surface area contributed by atoms with E-state index in [1.54, 1.807) is 18.5 Å². The number of pyridine rings is 1. The van der Waals surface area contributed by atoms with E-state index < -0.39 is 0 Å². The number of nitrogens with zero attached hydrogens (tertiary/aromatic N) is 2. The Hall–Kier alpha value is -3.01. The number of fused-ring (bicyclic) bond motifs is 2. The number of aromatic nitrogens is 2. The van der Waals surface area contributed by atoms with Gasteiger partial charge in [0.25, 0.3) is 5.89 Å². The van der Waals surface area contributed by atoms with Gasteiger partial charge in [0.2, 0.25) is 5.78 Å². The molecule has 0 saturated heterocycles. The van der Waals surface area contributed by atoms with E-state index in [1.165, 1.54) is 0 Å². The molecule has 0 aliphatic heterocycles. The molecule has 0 unspecified atom stereocenters. The maximum Gasteiger partial charge on any atom is 0.269 e. The van der Waals surface area contributed by atoms with Gasteiger partial charge in [-0.2, -0.15) is 0 Å². The van der Waals surface area contributed by atoms with Gasteiger partial charge < -0.3 is 4.42 Å². The van der Waals surface area contributed by atoms with E-state index in [0.29, 0.717) is 16.7 Å². The summed E-state index contributed by atoms with van der Waals surface area (Å²) in [7, 11) is 0. The molecule has 4 nitrogen and oxygen atoms in total. The summed E-state index contributed by atoms with van der Waals surface area (Å²) < 4.78 is 5.54. The van der Waals surface area contributed by atoms with Crippen molar-refractivity contribution in [3.63, 3.8) is 0 Å². The Balaban J connectivity index is 1.90. The standard InChI is InChI=1S/C17H10N2O2/c20-16(17-19-14-7-3-4-8-15(14)21-17)13-10-18-9-11-5-1-2-6-12(11)13/h1-10H. The fraction of sp³-hybridized carbons (Fsp3) is 0. The Labute approximate surface area is 120 Å². The topological polar surface area (TPSA) is 56.0 Å². The molecule has 0 spiro atoms. The van der Waals surface area contributed by atoms with Gasteiger partial charge in [0.15, 0.2) is 5.58 Å². The average Bonchev–Trinajstić information content (AvgIpc) is 2.97. The first-order valence-electron chi connectivity index (χ1n) is 6.56. The number of para-hydroxylation sites is 2. The van der Waals surface area contributed by atoms with Crippen molar-refractivity contribution in [3.05, 3.63) is 72.4 Å². The third-order valence-electron chi connectivity index (χ3n) is 3.40. The van der Waals surface area contributed by atoms with E-state index in [2.05, 4.69) is 9.97 Å². The predicted molar refractivity (Wildman–Crippen MR) is 79.2 cm³/mol. The molecule has 0 atom stereocenters. The molecule has 4 aromatic rings. The fourth-order valence-corrected chi connectivity index (χ4v) is 2.38. The van der Waals surface area contributed by atoms with E-state index in [-0.39, 0.29) is 11.7 Å². The smallest absolute Gasteiger partial charge is 0.269 e. The van der Waals surface area contributed by atoms with Crippen LogP contribution in [0.1, 0.15) is 16.2 Å². The van der Waals surface area contributed by atoms with Gasteiger partial charge in [-0.05, 0) is 17.5 Å². The number of ketones is 1. The van der Waals surface area contributed by atoms with Gasteiger partial charge in [0.05, 0.1) is 5.56 Å². The number of carbonyl (C=O) groups is 1. The van der Waals surface area contributed by atoms with Crippen LogP contribution in [-0.2, 0) is 0 Å². The number of carbonyl (C=O) groups excluding carboxylic acids is 1. The van der Waals surface area contributed by atoms with Gasteiger partial charge in [-0.25, -0.2) is 4.98 Å². The summed E-state index contributed by atoms with van der Waals surface area (Å²) in [4.78, 5) is 21.0. The van der Waals surface area contributed by atoms with Crippen LogP contribution in [0.5, 0.6) is 0 Å². The average molecular weight is 274 g/mol. The first-order valence-corrected chi connectivity index (χ1v) is 6.56. The third-order valence-corrected chi connectivity index (χ3v) is 3.40. The first-order chi connectivity index (χ1) is 10.3. The van der Waals surface area contributed by atoms with Crippen molar-refractivity contribution < 1.29 is 9.21 Å². The highest BCUT2D eigenvalue weighted by atomic mass is 16.4. The number of oxazole rings is 1. The van der Waals surface area contributed by atoms with Crippen LogP contribution in [0, 0.1) is 0 Å². The lowest BCUT2D eigenvalue weighted by Crippen LogP contribution is -2.03. The predicted octanol–water partition coefficient (Wildman–Crippen LogP) is 3.61. The SMILES string of the molecule is O=C(c1nc2ccccc2o1)c1cncc2ccccc12. The summed E-state index contributed by atoms with van der Waals surface area (Å²) in [6.45, 7) is 0. The third kappa shape index (κ3) is 1.89. The van der Waals surface area contributed by atoms with Crippen LogP contribution in [0.3, 0.4) is 0 Å². The molecule has 0 aliphatic carbocycles. The minimum absolute atomic E-state index is 0.0920. The summed E-state index contributed by atoms with van der Waals surface area (Å²) in [6.07, 6.45) is 3.29. The molecular weight excluding hydrogens is 264 g/mol. The molecule has 2 aromatic carbocycles. The Bertz CT molecular complexity index is 934. The number of hydrogen-bond donors (Lipinski definition) is 0. The van der Waals surface area contributed by atoms with Gasteiger partial charge in [-0.15, -0.1) is 0 Å². The highest BCUT2D eigenvalue weighted by Crippen LogP contribution is 2.22. The second-order valence-electron chi connectivity index (χ2n) is 4.72. The Kier molecular flexibility index (Phi) is 2.54. The van der Waals surface area contributed by atoms with Crippen LogP contribution in [0.15, 0.2) is 65.3 Å². The molecule has 4 heteroatoms.